The third kappa shape index (κ3) is 2.21. The average molecular weight is 334 g/mol. The maximum absolute atomic E-state index is 14.4. The fourth-order valence-corrected chi connectivity index (χ4v) is 5.72. The minimum Gasteiger partial charge on any atom is -0.427 e. The van der Waals surface area contributed by atoms with E-state index in [9.17, 15) is 13.6 Å². The van der Waals surface area contributed by atoms with Gasteiger partial charge in [0.1, 0.15) is 5.75 Å². The summed E-state index contributed by atoms with van der Waals surface area (Å²) in [4.78, 5) is 11.1. The van der Waals surface area contributed by atoms with Crippen LogP contribution in [0.15, 0.2) is 18.2 Å². The van der Waals surface area contributed by atoms with Crippen LogP contribution in [0.2, 0.25) is 0 Å². The molecule has 2 nitrogen and oxygen atoms in total. The van der Waals surface area contributed by atoms with E-state index in [4.69, 9.17) is 4.74 Å². The summed E-state index contributed by atoms with van der Waals surface area (Å²) < 4.78 is 34.1. The Labute approximate surface area is 141 Å². The van der Waals surface area contributed by atoms with Crippen LogP contribution in [0, 0.1) is 17.3 Å². The van der Waals surface area contributed by atoms with Crippen molar-refractivity contribution in [2.45, 2.75) is 64.2 Å². The molecule has 0 radical (unpaired) electrons. The van der Waals surface area contributed by atoms with Gasteiger partial charge in [-0.2, -0.15) is 0 Å². The Kier molecular flexibility index (Phi) is 3.52. The number of rotatable bonds is 1. The minimum absolute atomic E-state index is 0.0512. The summed E-state index contributed by atoms with van der Waals surface area (Å²) in [6.07, 6.45) is 4.02. The van der Waals surface area contributed by atoms with Crippen molar-refractivity contribution in [1.29, 1.82) is 0 Å². The summed E-state index contributed by atoms with van der Waals surface area (Å²) in [6.45, 7) is 3.22. The molecule has 0 saturated heterocycles. The molecule has 4 atom stereocenters. The predicted octanol–water partition coefficient (Wildman–Crippen LogP) is 5.10. The number of carbonyl (C=O) groups excluding carboxylic acids is 1. The van der Waals surface area contributed by atoms with Crippen molar-refractivity contribution < 1.29 is 18.3 Å². The van der Waals surface area contributed by atoms with Gasteiger partial charge < -0.3 is 4.74 Å². The predicted molar refractivity (Wildman–Crippen MR) is 87.3 cm³/mol. The van der Waals surface area contributed by atoms with E-state index in [0.717, 1.165) is 19.3 Å². The Hall–Kier alpha value is -1.45. The molecule has 0 unspecified atom stereocenters. The van der Waals surface area contributed by atoms with E-state index in [1.807, 2.05) is 19.1 Å². The van der Waals surface area contributed by atoms with Gasteiger partial charge in [-0.3, -0.25) is 4.79 Å². The third-order valence-electron chi connectivity index (χ3n) is 6.95. The molecule has 0 N–H and O–H groups in total. The van der Waals surface area contributed by atoms with Gasteiger partial charge in [-0.1, -0.05) is 13.0 Å². The molecule has 130 valence electrons. The van der Waals surface area contributed by atoms with E-state index in [1.165, 1.54) is 18.1 Å². The molecule has 0 aliphatic heterocycles. The lowest BCUT2D eigenvalue weighted by molar-refractivity contribution is -0.132. The molecule has 4 rings (SSSR count). The van der Waals surface area contributed by atoms with Crippen molar-refractivity contribution in [2.24, 2.45) is 17.3 Å². The molecule has 0 heterocycles. The van der Waals surface area contributed by atoms with Crippen LogP contribution >= 0.6 is 0 Å². The topological polar surface area (TPSA) is 26.3 Å². The number of benzene rings is 1. The van der Waals surface area contributed by atoms with Crippen molar-refractivity contribution in [3.05, 3.63) is 29.3 Å². The van der Waals surface area contributed by atoms with Crippen LogP contribution in [0.4, 0.5) is 8.78 Å². The monoisotopic (exact) mass is 334 g/mol. The van der Waals surface area contributed by atoms with Gasteiger partial charge in [0.15, 0.2) is 0 Å². The molecule has 3 aliphatic rings. The number of ether oxygens (including phenoxy) is 1. The molecule has 0 aromatic heterocycles. The molecule has 2 fully saturated rings. The van der Waals surface area contributed by atoms with E-state index in [2.05, 4.69) is 6.07 Å². The summed E-state index contributed by atoms with van der Waals surface area (Å²) in [5.74, 6) is -1.36. The smallest absolute Gasteiger partial charge is 0.308 e. The van der Waals surface area contributed by atoms with Crippen molar-refractivity contribution in [1.82, 2.24) is 0 Å². The number of halogens is 2. The standard InChI is InChI=1S/C20H24F2O2/c1-12(23)24-14-4-6-15-13(11-14)3-5-17-16(15)7-9-19(2)18(17)8-10-20(19,21)22/h4,6,11,16-18H,3,5,7-10H2,1-2H3/t16-,17-,18+,19+/m1/s1. The molecule has 0 bridgehead atoms. The number of esters is 1. The SMILES string of the molecule is CC(=O)Oc1ccc2c(c1)CC[C@@H]1[C@@H]2CC[C@@]2(C)[C@H]1CCC2(F)F. The third-order valence-corrected chi connectivity index (χ3v) is 6.95. The van der Waals surface area contributed by atoms with Gasteiger partial charge in [0.2, 0.25) is 0 Å². The summed E-state index contributed by atoms with van der Waals surface area (Å²) in [5.41, 5.74) is 1.70. The first-order valence-electron chi connectivity index (χ1n) is 9.01. The van der Waals surface area contributed by atoms with Crippen molar-refractivity contribution >= 4 is 5.97 Å². The van der Waals surface area contributed by atoms with Gasteiger partial charge in [0.25, 0.3) is 5.92 Å². The highest BCUT2D eigenvalue weighted by Crippen LogP contribution is 2.65. The normalized spacial score (nSPS) is 36.4. The molecular weight excluding hydrogens is 310 g/mol. The van der Waals surface area contributed by atoms with Crippen molar-refractivity contribution in [3.8, 4) is 5.75 Å². The summed E-state index contributed by atoms with van der Waals surface area (Å²) >= 11 is 0. The molecule has 0 amide bonds. The zero-order valence-corrected chi connectivity index (χ0v) is 14.3. The number of hydrogen-bond acceptors (Lipinski definition) is 2. The van der Waals surface area contributed by atoms with Crippen LogP contribution in [0.1, 0.15) is 63.0 Å². The first kappa shape index (κ1) is 16.0. The molecule has 4 heteroatoms. The Morgan fingerprint density at radius 1 is 1.21 bits per heavy atom. The Morgan fingerprint density at radius 3 is 2.75 bits per heavy atom. The van der Waals surface area contributed by atoms with Gasteiger partial charge in [-0.25, -0.2) is 8.78 Å². The number of alkyl halides is 2. The Balaban J connectivity index is 1.64. The van der Waals surface area contributed by atoms with Crippen LogP contribution in [0.25, 0.3) is 0 Å². The second-order valence-electron chi connectivity index (χ2n) is 8.07. The second kappa shape index (κ2) is 5.27. The quantitative estimate of drug-likeness (QED) is 0.527. The van der Waals surface area contributed by atoms with E-state index < -0.39 is 11.3 Å². The van der Waals surface area contributed by atoms with Crippen LogP contribution < -0.4 is 4.74 Å². The van der Waals surface area contributed by atoms with E-state index in [0.29, 0.717) is 30.4 Å². The van der Waals surface area contributed by atoms with Crippen LogP contribution in [-0.2, 0) is 11.2 Å². The van der Waals surface area contributed by atoms with E-state index in [-0.39, 0.29) is 18.3 Å². The number of hydrogen-bond donors (Lipinski definition) is 0. The zero-order valence-electron chi connectivity index (χ0n) is 14.3. The fourth-order valence-electron chi connectivity index (χ4n) is 5.72. The molecule has 2 saturated carbocycles. The van der Waals surface area contributed by atoms with Crippen molar-refractivity contribution in [2.75, 3.05) is 0 Å². The summed E-state index contributed by atoms with van der Waals surface area (Å²) in [6, 6.07) is 5.86. The molecule has 24 heavy (non-hydrogen) atoms. The Bertz CT molecular complexity index is 684. The first-order valence-corrected chi connectivity index (χ1v) is 9.01. The molecular formula is C20H24F2O2. The molecule has 0 spiro atoms. The maximum atomic E-state index is 14.4. The van der Waals surface area contributed by atoms with E-state index >= 15 is 0 Å². The number of carbonyl (C=O) groups is 1. The van der Waals surface area contributed by atoms with E-state index in [1.54, 1.807) is 0 Å². The highest BCUT2D eigenvalue weighted by Gasteiger charge is 2.63. The highest BCUT2D eigenvalue weighted by atomic mass is 19.3. The average Bonchev–Trinajstić information content (AvgIpc) is 2.76. The minimum atomic E-state index is -2.51. The zero-order chi connectivity index (χ0) is 17.1. The maximum Gasteiger partial charge on any atom is 0.308 e. The van der Waals surface area contributed by atoms with Crippen LogP contribution in [-0.4, -0.2) is 11.9 Å². The largest absolute Gasteiger partial charge is 0.427 e. The van der Waals surface area contributed by atoms with Gasteiger partial charge in [0.05, 0.1) is 0 Å². The van der Waals surface area contributed by atoms with Gasteiger partial charge in [-0.05, 0) is 73.1 Å². The fraction of sp³-hybridized carbons (Fsp3) is 0.650. The molecule has 1 aromatic rings. The second-order valence-corrected chi connectivity index (χ2v) is 8.07. The van der Waals surface area contributed by atoms with Crippen LogP contribution in [0.5, 0.6) is 5.75 Å². The Morgan fingerprint density at radius 2 is 2.00 bits per heavy atom. The van der Waals surface area contributed by atoms with Crippen molar-refractivity contribution in [3.63, 3.8) is 0 Å². The molecule has 3 aliphatic carbocycles. The van der Waals surface area contributed by atoms with Gasteiger partial charge >= 0.3 is 5.97 Å². The number of fused-ring (bicyclic) bond motifs is 5. The van der Waals surface area contributed by atoms with Crippen LogP contribution in [0.3, 0.4) is 0 Å². The van der Waals surface area contributed by atoms with Gasteiger partial charge in [-0.15, -0.1) is 0 Å². The highest BCUT2D eigenvalue weighted by molar-refractivity contribution is 5.69. The summed E-state index contributed by atoms with van der Waals surface area (Å²) in [5, 5.41) is 0. The van der Waals surface area contributed by atoms with Gasteiger partial charge in [0, 0.05) is 18.8 Å². The lowest BCUT2D eigenvalue weighted by Gasteiger charge is -2.50. The molecule has 1 aromatic carbocycles. The lowest BCUT2D eigenvalue weighted by Crippen LogP contribution is -2.46. The lowest BCUT2D eigenvalue weighted by atomic mass is 9.55. The number of aryl methyl sites for hydroxylation is 1. The summed E-state index contributed by atoms with van der Waals surface area (Å²) in [7, 11) is 0. The first-order chi connectivity index (χ1) is 11.3.